The Labute approximate surface area is 123 Å². The van der Waals surface area contributed by atoms with Crippen LogP contribution in [0.15, 0.2) is 34.7 Å². The molecule has 2 rings (SSSR count). The van der Waals surface area contributed by atoms with Gasteiger partial charge in [0.2, 0.25) is 0 Å². The zero-order valence-corrected chi connectivity index (χ0v) is 11.4. The fourth-order valence-corrected chi connectivity index (χ4v) is 1.80. The lowest BCUT2D eigenvalue weighted by molar-refractivity contribution is -0.0497. The highest BCUT2D eigenvalue weighted by Gasteiger charge is 2.13. The summed E-state index contributed by atoms with van der Waals surface area (Å²) in [5.74, 6) is -0.125. The molecule has 0 radical (unpaired) electrons. The van der Waals surface area contributed by atoms with E-state index in [-0.39, 0.29) is 23.1 Å². The minimum atomic E-state index is -2.97. The molecular formula is C13H11ClF2N2O3. The van der Waals surface area contributed by atoms with E-state index in [1.54, 1.807) is 6.07 Å². The van der Waals surface area contributed by atoms with E-state index in [2.05, 4.69) is 10.1 Å². The molecule has 0 aliphatic rings. The highest BCUT2D eigenvalue weighted by Crippen LogP contribution is 2.29. The smallest absolute Gasteiger partial charge is 0.387 e. The third-order valence-corrected chi connectivity index (χ3v) is 2.79. The van der Waals surface area contributed by atoms with Crippen LogP contribution in [0.1, 0.15) is 16.3 Å². The molecule has 0 saturated carbocycles. The number of furan rings is 1. The highest BCUT2D eigenvalue weighted by atomic mass is 35.5. The van der Waals surface area contributed by atoms with Crippen LogP contribution in [0.25, 0.3) is 0 Å². The first-order valence-electron chi connectivity index (χ1n) is 5.84. The van der Waals surface area contributed by atoms with Crippen molar-refractivity contribution in [1.82, 2.24) is 0 Å². The van der Waals surface area contributed by atoms with Crippen molar-refractivity contribution in [2.24, 2.45) is 5.73 Å². The quantitative estimate of drug-likeness (QED) is 0.887. The van der Waals surface area contributed by atoms with Crippen LogP contribution in [0.4, 0.5) is 14.5 Å². The third-order valence-electron chi connectivity index (χ3n) is 2.49. The van der Waals surface area contributed by atoms with Crippen molar-refractivity contribution < 1.29 is 22.7 Å². The zero-order valence-electron chi connectivity index (χ0n) is 10.6. The standard InChI is InChI=1S/C13H11ClF2N2O3/c14-9-5-7(1-3-10(9)21-13(15)16)18-12(19)11-4-2-8(6-17)20-11/h1-5,13H,6,17H2,(H,18,19). The Hall–Kier alpha value is -2.12. The first-order valence-corrected chi connectivity index (χ1v) is 6.22. The van der Waals surface area contributed by atoms with E-state index in [1.165, 1.54) is 24.3 Å². The van der Waals surface area contributed by atoms with Crippen LogP contribution in [0.3, 0.4) is 0 Å². The molecule has 0 saturated heterocycles. The average Bonchev–Trinajstić information content (AvgIpc) is 2.90. The van der Waals surface area contributed by atoms with Crippen molar-refractivity contribution in [3.63, 3.8) is 0 Å². The maximum atomic E-state index is 12.1. The van der Waals surface area contributed by atoms with E-state index >= 15 is 0 Å². The van der Waals surface area contributed by atoms with Gasteiger partial charge in [0, 0.05) is 5.69 Å². The monoisotopic (exact) mass is 316 g/mol. The minimum Gasteiger partial charge on any atom is -0.455 e. The predicted molar refractivity (Wildman–Crippen MR) is 72.6 cm³/mol. The lowest BCUT2D eigenvalue weighted by Crippen LogP contribution is -2.11. The predicted octanol–water partition coefficient (Wildman–Crippen LogP) is 3.25. The lowest BCUT2D eigenvalue weighted by Gasteiger charge is -2.09. The van der Waals surface area contributed by atoms with Crippen molar-refractivity contribution in [3.05, 3.63) is 46.9 Å². The van der Waals surface area contributed by atoms with Crippen LogP contribution in [-0.2, 0) is 6.54 Å². The Kier molecular flexibility index (Phi) is 4.77. The van der Waals surface area contributed by atoms with Crippen LogP contribution in [-0.4, -0.2) is 12.5 Å². The topological polar surface area (TPSA) is 77.5 Å². The number of halogens is 3. The number of nitrogens with one attached hydrogen (secondary N) is 1. The first-order chi connectivity index (χ1) is 9.99. The second kappa shape index (κ2) is 6.55. The number of carbonyl (C=O) groups is 1. The zero-order chi connectivity index (χ0) is 15.4. The average molecular weight is 317 g/mol. The summed E-state index contributed by atoms with van der Waals surface area (Å²) in [5.41, 5.74) is 5.69. The molecule has 1 heterocycles. The van der Waals surface area contributed by atoms with E-state index in [1.807, 2.05) is 0 Å². The van der Waals surface area contributed by atoms with Gasteiger partial charge in [0.05, 0.1) is 11.6 Å². The van der Waals surface area contributed by atoms with Gasteiger partial charge in [-0.3, -0.25) is 4.79 Å². The van der Waals surface area contributed by atoms with Gasteiger partial charge in [0.15, 0.2) is 5.76 Å². The van der Waals surface area contributed by atoms with Gasteiger partial charge < -0.3 is 20.2 Å². The van der Waals surface area contributed by atoms with Gasteiger partial charge in [-0.25, -0.2) is 0 Å². The minimum absolute atomic E-state index is 0.0461. The van der Waals surface area contributed by atoms with Crippen molar-refractivity contribution in [2.75, 3.05) is 5.32 Å². The fraction of sp³-hybridized carbons (Fsp3) is 0.154. The molecule has 1 amide bonds. The van der Waals surface area contributed by atoms with Crippen LogP contribution in [0.2, 0.25) is 5.02 Å². The van der Waals surface area contributed by atoms with Crippen LogP contribution in [0.5, 0.6) is 5.75 Å². The molecule has 112 valence electrons. The van der Waals surface area contributed by atoms with Gasteiger partial charge in [0.1, 0.15) is 11.5 Å². The normalized spacial score (nSPS) is 10.7. The molecule has 2 aromatic rings. The Morgan fingerprint density at radius 2 is 2.14 bits per heavy atom. The molecule has 5 nitrogen and oxygen atoms in total. The summed E-state index contributed by atoms with van der Waals surface area (Å²) in [6.45, 7) is -2.79. The summed E-state index contributed by atoms with van der Waals surface area (Å²) in [6, 6.07) is 6.98. The first kappa shape index (κ1) is 15.3. The number of ether oxygens (including phenoxy) is 1. The van der Waals surface area contributed by atoms with Crippen molar-refractivity contribution in [2.45, 2.75) is 13.2 Å². The summed E-state index contributed by atoms with van der Waals surface area (Å²) in [6.07, 6.45) is 0. The molecule has 0 atom stereocenters. The Bertz CT molecular complexity index is 646. The Balaban J connectivity index is 2.09. The second-order valence-electron chi connectivity index (χ2n) is 3.95. The van der Waals surface area contributed by atoms with E-state index < -0.39 is 12.5 Å². The second-order valence-corrected chi connectivity index (χ2v) is 4.36. The van der Waals surface area contributed by atoms with Gasteiger partial charge in [-0.1, -0.05) is 11.6 Å². The molecule has 0 bridgehead atoms. The summed E-state index contributed by atoms with van der Waals surface area (Å²) in [4.78, 5) is 11.9. The largest absolute Gasteiger partial charge is 0.455 e. The van der Waals surface area contributed by atoms with Crippen molar-refractivity contribution in [3.8, 4) is 5.75 Å². The number of carbonyl (C=O) groups excluding carboxylic acids is 1. The van der Waals surface area contributed by atoms with E-state index in [0.29, 0.717) is 11.4 Å². The number of alkyl halides is 2. The molecule has 8 heteroatoms. The Morgan fingerprint density at radius 1 is 1.38 bits per heavy atom. The molecule has 0 aliphatic carbocycles. The molecule has 1 aromatic carbocycles. The molecule has 0 fully saturated rings. The van der Waals surface area contributed by atoms with Crippen molar-refractivity contribution in [1.29, 1.82) is 0 Å². The van der Waals surface area contributed by atoms with Crippen molar-refractivity contribution >= 4 is 23.2 Å². The van der Waals surface area contributed by atoms with Crippen LogP contribution < -0.4 is 15.8 Å². The molecule has 0 unspecified atom stereocenters. The van der Waals surface area contributed by atoms with Gasteiger partial charge in [-0.15, -0.1) is 0 Å². The highest BCUT2D eigenvalue weighted by molar-refractivity contribution is 6.32. The Morgan fingerprint density at radius 3 is 2.71 bits per heavy atom. The van der Waals surface area contributed by atoms with Gasteiger partial charge in [-0.05, 0) is 30.3 Å². The molecular weight excluding hydrogens is 306 g/mol. The summed E-state index contributed by atoms with van der Waals surface area (Å²) in [7, 11) is 0. The summed E-state index contributed by atoms with van der Waals surface area (Å²) in [5, 5.41) is 2.47. The maximum absolute atomic E-state index is 12.1. The van der Waals surface area contributed by atoms with Crippen LogP contribution >= 0.6 is 11.6 Å². The van der Waals surface area contributed by atoms with Gasteiger partial charge >= 0.3 is 6.61 Å². The number of nitrogens with two attached hydrogens (primary N) is 1. The molecule has 0 aliphatic heterocycles. The summed E-state index contributed by atoms with van der Waals surface area (Å²) >= 11 is 5.78. The summed E-state index contributed by atoms with van der Waals surface area (Å²) < 4.78 is 33.6. The number of hydrogen-bond donors (Lipinski definition) is 2. The van der Waals surface area contributed by atoms with E-state index in [0.717, 1.165) is 0 Å². The maximum Gasteiger partial charge on any atom is 0.387 e. The SMILES string of the molecule is NCc1ccc(C(=O)Nc2ccc(OC(F)F)c(Cl)c2)o1. The van der Waals surface area contributed by atoms with Gasteiger partial charge in [-0.2, -0.15) is 8.78 Å². The number of benzene rings is 1. The fourth-order valence-electron chi connectivity index (χ4n) is 1.57. The molecule has 21 heavy (non-hydrogen) atoms. The third kappa shape index (κ3) is 3.93. The molecule has 1 aromatic heterocycles. The van der Waals surface area contributed by atoms with Gasteiger partial charge in [0.25, 0.3) is 5.91 Å². The number of amides is 1. The van der Waals surface area contributed by atoms with E-state index in [4.69, 9.17) is 21.8 Å². The molecule has 0 spiro atoms. The number of anilines is 1. The number of hydrogen-bond acceptors (Lipinski definition) is 4. The molecule has 3 N–H and O–H groups in total. The lowest BCUT2D eigenvalue weighted by atomic mass is 10.3. The van der Waals surface area contributed by atoms with Crippen LogP contribution in [0, 0.1) is 0 Å². The number of rotatable bonds is 5. The van der Waals surface area contributed by atoms with E-state index in [9.17, 15) is 13.6 Å².